The van der Waals surface area contributed by atoms with Gasteiger partial charge in [0.2, 0.25) is 5.88 Å². The molecule has 3 rings (SSSR count). The molecule has 5 nitrogen and oxygen atoms in total. The molecule has 26 heavy (non-hydrogen) atoms. The molecular weight excluding hydrogens is 352 g/mol. The van der Waals surface area contributed by atoms with Crippen LogP contribution >= 0.6 is 11.6 Å². The number of hydrogen-bond acceptors (Lipinski definition) is 5. The second kappa shape index (κ2) is 7.97. The number of nitrogens with zero attached hydrogens (tertiary/aromatic N) is 2. The van der Waals surface area contributed by atoms with Crippen molar-refractivity contribution in [2.24, 2.45) is 0 Å². The molecule has 0 aliphatic rings. The monoisotopic (exact) mass is 368 g/mol. The number of carbonyl (C=O) groups is 1. The van der Waals surface area contributed by atoms with E-state index in [1.165, 1.54) is 6.20 Å². The summed E-state index contributed by atoms with van der Waals surface area (Å²) in [5, 5.41) is 0.528. The first kappa shape index (κ1) is 17.9. The molecule has 3 aromatic rings. The fourth-order valence-corrected chi connectivity index (χ4v) is 2.47. The lowest BCUT2D eigenvalue weighted by Gasteiger charge is -2.12. The van der Waals surface area contributed by atoms with E-state index in [1.807, 2.05) is 43.3 Å². The minimum atomic E-state index is -0.540. The molecule has 1 heterocycles. The van der Waals surface area contributed by atoms with Crippen LogP contribution in [0.1, 0.15) is 22.8 Å². The van der Waals surface area contributed by atoms with Crippen LogP contribution in [0.5, 0.6) is 11.6 Å². The average molecular weight is 369 g/mol. The summed E-state index contributed by atoms with van der Waals surface area (Å²) in [7, 11) is 0. The number of halogens is 1. The van der Waals surface area contributed by atoms with E-state index >= 15 is 0 Å². The molecule has 132 valence electrons. The second-order valence-electron chi connectivity index (χ2n) is 5.51. The van der Waals surface area contributed by atoms with E-state index in [0.717, 1.165) is 11.1 Å². The molecule has 0 N–H and O–H groups in total. The number of aryl methyl sites for hydroxylation is 1. The lowest BCUT2D eigenvalue weighted by molar-refractivity contribution is 0.0522. The molecule has 0 spiro atoms. The fraction of sp³-hybridized carbons (Fsp3) is 0.150. The predicted octanol–water partition coefficient (Wildman–Crippen LogP) is 5.07. The second-order valence-corrected chi connectivity index (χ2v) is 5.95. The van der Waals surface area contributed by atoms with Crippen LogP contribution in [0, 0.1) is 6.92 Å². The Bertz CT molecular complexity index is 930. The van der Waals surface area contributed by atoms with E-state index in [4.69, 9.17) is 21.1 Å². The summed E-state index contributed by atoms with van der Waals surface area (Å²) in [5.74, 6) is 0.554. The fourth-order valence-electron chi connectivity index (χ4n) is 2.31. The summed E-state index contributed by atoms with van der Waals surface area (Å²) in [6.07, 6.45) is 1.42. The van der Waals surface area contributed by atoms with Crippen LogP contribution in [0.2, 0.25) is 5.02 Å². The number of aromatic nitrogens is 2. The minimum absolute atomic E-state index is 0.127. The van der Waals surface area contributed by atoms with Gasteiger partial charge in [0.1, 0.15) is 11.3 Å². The average Bonchev–Trinajstić information content (AvgIpc) is 2.65. The third kappa shape index (κ3) is 4.00. The zero-order chi connectivity index (χ0) is 18.5. The van der Waals surface area contributed by atoms with Crippen molar-refractivity contribution in [3.63, 3.8) is 0 Å². The van der Waals surface area contributed by atoms with E-state index in [-0.39, 0.29) is 18.1 Å². The Labute approximate surface area is 156 Å². The van der Waals surface area contributed by atoms with Gasteiger partial charge in [-0.15, -0.1) is 0 Å². The van der Waals surface area contributed by atoms with Crippen molar-refractivity contribution in [3.8, 4) is 23.0 Å². The van der Waals surface area contributed by atoms with Crippen LogP contribution in [0.25, 0.3) is 11.4 Å². The first-order valence-electron chi connectivity index (χ1n) is 8.12. The van der Waals surface area contributed by atoms with Gasteiger partial charge in [-0.1, -0.05) is 48.0 Å². The van der Waals surface area contributed by atoms with Crippen molar-refractivity contribution >= 4 is 17.6 Å². The number of rotatable bonds is 5. The van der Waals surface area contributed by atoms with Gasteiger partial charge < -0.3 is 9.47 Å². The van der Waals surface area contributed by atoms with Crippen molar-refractivity contribution in [2.45, 2.75) is 13.8 Å². The van der Waals surface area contributed by atoms with Gasteiger partial charge in [-0.2, -0.15) is 4.98 Å². The van der Waals surface area contributed by atoms with E-state index in [1.54, 1.807) is 19.1 Å². The van der Waals surface area contributed by atoms with Crippen LogP contribution in [-0.2, 0) is 4.74 Å². The predicted molar refractivity (Wildman–Crippen MR) is 99.7 cm³/mol. The Morgan fingerprint density at radius 3 is 2.65 bits per heavy atom. The Kier molecular flexibility index (Phi) is 5.49. The molecule has 0 amide bonds. The number of hydrogen-bond donors (Lipinski definition) is 0. The molecule has 0 unspecified atom stereocenters. The molecule has 0 radical (unpaired) electrons. The van der Waals surface area contributed by atoms with Gasteiger partial charge in [0.05, 0.1) is 6.61 Å². The van der Waals surface area contributed by atoms with Crippen LogP contribution in [0.3, 0.4) is 0 Å². The third-order valence-electron chi connectivity index (χ3n) is 3.64. The molecule has 0 bridgehead atoms. The van der Waals surface area contributed by atoms with Gasteiger partial charge in [0, 0.05) is 16.8 Å². The number of ether oxygens (including phenoxy) is 2. The van der Waals surface area contributed by atoms with Gasteiger partial charge in [-0.05, 0) is 31.5 Å². The lowest BCUT2D eigenvalue weighted by Crippen LogP contribution is -2.09. The first-order chi connectivity index (χ1) is 12.6. The van der Waals surface area contributed by atoms with Crippen LogP contribution < -0.4 is 4.74 Å². The summed E-state index contributed by atoms with van der Waals surface area (Å²) in [6.45, 7) is 3.86. The first-order valence-corrected chi connectivity index (χ1v) is 8.50. The molecule has 6 heteroatoms. The van der Waals surface area contributed by atoms with Crippen molar-refractivity contribution in [1.29, 1.82) is 0 Å². The maximum absolute atomic E-state index is 12.2. The zero-order valence-electron chi connectivity index (χ0n) is 14.4. The molecule has 0 saturated carbocycles. The highest BCUT2D eigenvalue weighted by Gasteiger charge is 2.19. The van der Waals surface area contributed by atoms with Crippen LogP contribution in [0.15, 0.2) is 54.7 Å². The lowest BCUT2D eigenvalue weighted by atomic mass is 10.2. The molecule has 0 saturated heterocycles. The van der Waals surface area contributed by atoms with Crippen molar-refractivity contribution in [3.05, 3.63) is 70.9 Å². The summed E-state index contributed by atoms with van der Waals surface area (Å²) >= 11 is 6.06. The largest absolute Gasteiger partial charge is 0.462 e. The molecule has 0 fully saturated rings. The quantitative estimate of drug-likeness (QED) is 0.588. The Hall–Kier alpha value is -2.92. The van der Waals surface area contributed by atoms with Gasteiger partial charge in [0.25, 0.3) is 0 Å². The molecule has 1 aromatic heterocycles. The van der Waals surface area contributed by atoms with E-state index in [2.05, 4.69) is 9.97 Å². The van der Waals surface area contributed by atoms with Gasteiger partial charge in [0.15, 0.2) is 5.82 Å². The summed E-state index contributed by atoms with van der Waals surface area (Å²) < 4.78 is 11.0. The Morgan fingerprint density at radius 2 is 1.92 bits per heavy atom. The molecule has 0 aliphatic heterocycles. The zero-order valence-corrected chi connectivity index (χ0v) is 15.2. The maximum Gasteiger partial charge on any atom is 0.345 e. The van der Waals surface area contributed by atoms with E-state index in [0.29, 0.717) is 16.6 Å². The van der Waals surface area contributed by atoms with Crippen LogP contribution in [-0.4, -0.2) is 22.5 Å². The summed E-state index contributed by atoms with van der Waals surface area (Å²) in [6, 6.07) is 14.7. The van der Waals surface area contributed by atoms with E-state index in [9.17, 15) is 4.79 Å². The third-order valence-corrected chi connectivity index (χ3v) is 3.87. The van der Waals surface area contributed by atoms with Gasteiger partial charge in [-0.3, -0.25) is 0 Å². The van der Waals surface area contributed by atoms with E-state index < -0.39 is 5.97 Å². The van der Waals surface area contributed by atoms with Gasteiger partial charge in [-0.25, -0.2) is 9.78 Å². The van der Waals surface area contributed by atoms with Crippen molar-refractivity contribution in [1.82, 2.24) is 9.97 Å². The summed E-state index contributed by atoms with van der Waals surface area (Å²) in [4.78, 5) is 21.0. The molecule has 0 atom stereocenters. The highest BCUT2D eigenvalue weighted by molar-refractivity contribution is 6.30. The Balaban J connectivity index is 2.06. The standard InChI is InChI=1S/C20H17ClN2O3/c1-3-25-20(24)16-12-22-18(14-7-5-4-6-8-14)23-19(16)26-17-11-15(21)10-9-13(17)2/h4-12H,3H2,1-2H3. The highest BCUT2D eigenvalue weighted by Crippen LogP contribution is 2.30. The van der Waals surface area contributed by atoms with Crippen molar-refractivity contribution in [2.75, 3.05) is 6.61 Å². The normalized spacial score (nSPS) is 10.4. The summed E-state index contributed by atoms with van der Waals surface area (Å²) in [5.41, 5.74) is 1.84. The maximum atomic E-state index is 12.2. The van der Waals surface area contributed by atoms with Crippen LogP contribution in [0.4, 0.5) is 0 Å². The topological polar surface area (TPSA) is 61.3 Å². The smallest absolute Gasteiger partial charge is 0.345 e. The van der Waals surface area contributed by atoms with Gasteiger partial charge >= 0.3 is 5.97 Å². The molecule has 0 aliphatic carbocycles. The molecular formula is C20H17ClN2O3. The number of benzene rings is 2. The minimum Gasteiger partial charge on any atom is -0.462 e. The number of esters is 1. The highest BCUT2D eigenvalue weighted by atomic mass is 35.5. The van der Waals surface area contributed by atoms with Crippen molar-refractivity contribution < 1.29 is 14.3 Å². The number of carbonyl (C=O) groups excluding carboxylic acids is 1. The Morgan fingerprint density at radius 1 is 1.15 bits per heavy atom. The molecule has 2 aromatic carbocycles. The SMILES string of the molecule is CCOC(=O)c1cnc(-c2ccccc2)nc1Oc1cc(Cl)ccc1C.